The summed E-state index contributed by atoms with van der Waals surface area (Å²) < 4.78 is 0. The fourth-order valence-corrected chi connectivity index (χ4v) is 2.55. The van der Waals surface area contributed by atoms with Gasteiger partial charge in [-0.2, -0.15) is 0 Å². The highest BCUT2D eigenvalue weighted by Crippen LogP contribution is 2.24. The largest absolute Gasteiger partial charge is 0.367 e. The first kappa shape index (κ1) is 12.9. The highest BCUT2D eigenvalue weighted by molar-refractivity contribution is 5.75. The van der Waals surface area contributed by atoms with Crippen molar-refractivity contribution in [3.8, 4) is 0 Å². The van der Waals surface area contributed by atoms with Crippen molar-refractivity contribution in [2.75, 3.05) is 18.0 Å². The van der Waals surface area contributed by atoms with Gasteiger partial charge < -0.3 is 10.2 Å². The molecule has 0 spiro atoms. The third-order valence-corrected chi connectivity index (χ3v) is 3.48. The number of amides is 1. The second kappa shape index (κ2) is 6.43. The van der Waals surface area contributed by atoms with Gasteiger partial charge in [-0.3, -0.25) is 4.79 Å². The van der Waals surface area contributed by atoms with E-state index in [4.69, 9.17) is 0 Å². The minimum Gasteiger partial charge on any atom is -0.367 e. The molecule has 1 amide bonds. The number of carbonyl (C=O) groups excluding carboxylic acids is 1. The zero-order valence-electron chi connectivity index (χ0n) is 11.1. The van der Waals surface area contributed by atoms with Crippen molar-refractivity contribution >= 4 is 11.6 Å². The Labute approximate surface area is 109 Å². The van der Waals surface area contributed by atoms with Crippen molar-refractivity contribution in [3.05, 3.63) is 30.3 Å². The average Bonchev–Trinajstić information content (AvgIpc) is 2.86. The lowest BCUT2D eigenvalue weighted by Gasteiger charge is -2.27. The van der Waals surface area contributed by atoms with Crippen LogP contribution in [0.2, 0.25) is 0 Å². The molecule has 1 saturated heterocycles. The van der Waals surface area contributed by atoms with Crippen molar-refractivity contribution in [2.24, 2.45) is 0 Å². The van der Waals surface area contributed by atoms with E-state index in [-0.39, 0.29) is 5.91 Å². The molecule has 0 aromatic heterocycles. The molecule has 1 atom stereocenters. The number of para-hydroxylation sites is 1. The zero-order valence-corrected chi connectivity index (χ0v) is 11.1. The van der Waals surface area contributed by atoms with Crippen LogP contribution in [0.1, 0.15) is 32.6 Å². The van der Waals surface area contributed by atoms with Crippen LogP contribution < -0.4 is 10.2 Å². The minimum absolute atomic E-state index is 0.178. The Balaban J connectivity index is 1.90. The molecule has 2 rings (SSSR count). The highest BCUT2D eigenvalue weighted by Gasteiger charge is 2.24. The van der Waals surface area contributed by atoms with Crippen molar-refractivity contribution in [3.63, 3.8) is 0 Å². The summed E-state index contributed by atoms with van der Waals surface area (Å²) in [4.78, 5) is 13.9. The molecule has 0 radical (unpaired) electrons. The van der Waals surface area contributed by atoms with Crippen LogP contribution in [0, 0.1) is 0 Å². The SMILES string of the molecule is CCCC(=O)NCC1CCCN1c1ccccc1. The van der Waals surface area contributed by atoms with Gasteiger partial charge in [0.15, 0.2) is 0 Å². The summed E-state index contributed by atoms with van der Waals surface area (Å²) in [5.41, 5.74) is 1.27. The van der Waals surface area contributed by atoms with Crippen LogP contribution in [0.3, 0.4) is 0 Å². The molecular weight excluding hydrogens is 224 g/mol. The first-order valence-corrected chi connectivity index (χ1v) is 6.89. The number of rotatable bonds is 5. The van der Waals surface area contributed by atoms with Crippen LogP contribution in [-0.4, -0.2) is 25.0 Å². The zero-order chi connectivity index (χ0) is 12.8. The van der Waals surface area contributed by atoms with E-state index in [2.05, 4.69) is 34.5 Å². The van der Waals surface area contributed by atoms with E-state index >= 15 is 0 Å². The number of hydrogen-bond acceptors (Lipinski definition) is 2. The molecule has 1 aromatic rings. The lowest BCUT2D eigenvalue weighted by Crippen LogP contribution is -2.40. The lowest BCUT2D eigenvalue weighted by atomic mass is 10.2. The summed E-state index contributed by atoms with van der Waals surface area (Å²) in [5.74, 6) is 0.178. The van der Waals surface area contributed by atoms with E-state index in [0.29, 0.717) is 12.5 Å². The second-order valence-electron chi connectivity index (χ2n) is 4.88. The molecule has 3 heteroatoms. The Morgan fingerprint density at radius 1 is 1.39 bits per heavy atom. The first-order chi connectivity index (χ1) is 8.81. The quantitative estimate of drug-likeness (QED) is 0.866. The van der Waals surface area contributed by atoms with E-state index in [1.165, 1.54) is 18.5 Å². The van der Waals surface area contributed by atoms with Crippen molar-refractivity contribution in [1.29, 1.82) is 0 Å². The number of nitrogens with one attached hydrogen (secondary N) is 1. The summed E-state index contributed by atoms with van der Waals surface area (Å²) in [6, 6.07) is 10.9. The topological polar surface area (TPSA) is 32.3 Å². The molecule has 0 aliphatic carbocycles. The third kappa shape index (κ3) is 3.25. The van der Waals surface area contributed by atoms with E-state index in [1.54, 1.807) is 0 Å². The van der Waals surface area contributed by atoms with Crippen LogP contribution in [0.25, 0.3) is 0 Å². The maximum atomic E-state index is 11.5. The van der Waals surface area contributed by atoms with Gasteiger partial charge in [-0.15, -0.1) is 0 Å². The summed E-state index contributed by atoms with van der Waals surface area (Å²) in [5, 5.41) is 3.04. The van der Waals surface area contributed by atoms with E-state index < -0.39 is 0 Å². The van der Waals surface area contributed by atoms with E-state index in [9.17, 15) is 4.79 Å². The standard InChI is InChI=1S/C15H22N2O/c1-2-7-15(18)16-12-14-10-6-11-17(14)13-8-4-3-5-9-13/h3-5,8-9,14H,2,6-7,10-12H2,1H3,(H,16,18). The Kier molecular flexibility index (Phi) is 4.62. The molecule has 1 unspecified atom stereocenters. The number of benzene rings is 1. The Morgan fingerprint density at radius 3 is 2.89 bits per heavy atom. The molecular formula is C15H22N2O. The fraction of sp³-hybridized carbons (Fsp3) is 0.533. The van der Waals surface area contributed by atoms with Crippen molar-refractivity contribution in [2.45, 2.75) is 38.6 Å². The van der Waals surface area contributed by atoms with Gasteiger partial charge in [-0.25, -0.2) is 0 Å². The van der Waals surface area contributed by atoms with Crippen LogP contribution >= 0.6 is 0 Å². The molecule has 1 N–H and O–H groups in total. The van der Waals surface area contributed by atoms with Crippen LogP contribution in [-0.2, 0) is 4.79 Å². The Bertz CT molecular complexity index is 377. The van der Waals surface area contributed by atoms with E-state index in [1.807, 2.05) is 13.0 Å². The minimum atomic E-state index is 0.178. The van der Waals surface area contributed by atoms with E-state index in [0.717, 1.165) is 19.5 Å². The van der Waals surface area contributed by atoms with Crippen LogP contribution in [0.5, 0.6) is 0 Å². The number of nitrogens with zero attached hydrogens (tertiary/aromatic N) is 1. The molecule has 18 heavy (non-hydrogen) atoms. The Hall–Kier alpha value is -1.51. The molecule has 1 aromatic carbocycles. The van der Waals surface area contributed by atoms with Gasteiger partial charge in [-0.05, 0) is 31.4 Å². The molecule has 1 aliphatic rings. The maximum Gasteiger partial charge on any atom is 0.220 e. The third-order valence-electron chi connectivity index (χ3n) is 3.48. The normalized spacial score (nSPS) is 18.9. The molecule has 1 aliphatic heterocycles. The van der Waals surface area contributed by atoms with Gasteiger partial charge in [0.1, 0.15) is 0 Å². The first-order valence-electron chi connectivity index (χ1n) is 6.89. The monoisotopic (exact) mass is 246 g/mol. The maximum absolute atomic E-state index is 11.5. The van der Waals surface area contributed by atoms with Crippen molar-refractivity contribution < 1.29 is 4.79 Å². The lowest BCUT2D eigenvalue weighted by molar-refractivity contribution is -0.121. The van der Waals surface area contributed by atoms with Gasteiger partial charge in [0.05, 0.1) is 0 Å². The van der Waals surface area contributed by atoms with Gasteiger partial charge in [0.2, 0.25) is 5.91 Å². The predicted molar refractivity (Wildman–Crippen MR) is 74.7 cm³/mol. The summed E-state index contributed by atoms with van der Waals surface area (Å²) in [6.45, 7) is 3.90. The molecule has 3 nitrogen and oxygen atoms in total. The summed E-state index contributed by atoms with van der Waals surface area (Å²) in [6.07, 6.45) is 3.93. The highest BCUT2D eigenvalue weighted by atomic mass is 16.1. The molecule has 0 saturated carbocycles. The molecule has 98 valence electrons. The van der Waals surface area contributed by atoms with Gasteiger partial charge in [-0.1, -0.05) is 25.1 Å². The number of anilines is 1. The van der Waals surface area contributed by atoms with Crippen LogP contribution in [0.4, 0.5) is 5.69 Å². The van der Waals surface area contributed by atoms with Gasteiger partial charge in [0, 0.05) is 31.2 Å². The second-order valence-corrected chi connectivity index (χ2v) is 4.88. The summed E-state index contributed by atoms with van der Waals surface area (Å²) >= 11 is 0. The van der Waals surface area contributed by atoms with Crippen molar-refractivity contribution in [1.82, 2.24) is 5.32 Å². The molecule has 1 fully saturated rings. The smallest absolute Gasteiger partial charge is 0.220 e. The summed E-state index contributed by atoms with van der Waals surface area (Å²) in [7, 11) is 0. The number of carbonyl (C=O) groups is 1. The van der Waals surface area contributed by atoms with Crippen LogP contribution in [0.15, 0.2) is 30.3 Å². The molecule has 0 bridgehead atoms. The Morgan fingerprint density at radius 2 is 2.17 bits per heavy atom. The van der Waals surface area contributed by atoms with Gasteiger partial charge >= 0.3 is 0 Å². The molecule has 1 heterocycles. The number of hydrogen-bond donors (Lipinski definition) is 1. The fourth-order valence-electron chi connectivity index (χ4n) is 2.55. The predicted octanol–water partition coefficient (Wildman–Crippen LogP) is 2.57. The van der Waals surface area contributed by atoms with Gasteiger partial charge in [0.25, 0.3) is 0 Å². The average molecular weight is 246 g/mol.